The second kappa shape index (κ2) is 5.55. The van der Waals surface area contributed by atoms with E-state index in [-0.39, 0.29) is 29.8 Å². The zero-order chi connectivity index (χ0) is 15.8. The molecule has 0 aliphatic carbocycles. The summed E-state index contributed by atoms with van der Waals surface area (Å²) >= 11 is 0. The zero-order valence-electron chi connectivity index (χ0n) is 12.6. The van der Waals surface area contributed by atoms with Crippen LogP contribution in [0, 0.1) is 5.82 Å². The molecule has 0 aromatic heterocycles. The number of methoxy groups -OCH3 is 1. The van der Waals surface area contributed by atoms with Crippen LogP contribution < -0.4 is 4.74 Å². The summed E-state index contributed by atoms with van der Waals surface area (Å²) in [5.41, 5.74) is -0.574. The van der Waals surface area contributed by atoms with Crippen LogP contribution in [0.5, 0.6) is 5.75 Å². The number of benzene rings is 1. The van der Waals surface area contributed by atoms with Crippen LogP contribution in [0.2, 0.25) is 0 Å². The van der Waals surface area contributed by atoms with Crippen molar-refractivity contribution in [1.29, 1.82) is 0 Å². The molecule has 0 bridgehead atoms. The molecule has 1 unspecified atom stereocenters. The second-order valence-electron chi connectivity index (χ2n) is 5.78. The molecular weight excluding hydrogens is 297 g/mol. The predicted molar refractivity (Wildman–Crippen MR) is 76.3 cm³/mol. The molecule has 7 heteroatoms. The molecule has 0 saturated carbocycles. The van der Waals surface area contributed by atoms with Crippen LogP contribution in [-0.4, -0.2) is 44.6 Å². The average Bonchev–Trinajstić information content (AvgIpc) is 2.36. The third kappa shape index (κ3) is 3.36. The number of sulfonamides is 1. The summed E-state index contributed by atoms with van der Waals surface area (Å²) in [6.07, 6.45) is -0.216. The van der Waals surface area contributed by atoms with Gasteiger partial charge in [0.1, 0.15) is 0 Å². The number of nitrogens with zero attached hydrogens (tertiary/aromatic N) is 1. The van der Waals surface area contributed by atoms with Crippen molar-refractivity contribution in [2.75, 3.05) is 20.2 Å². The van der Waals surface area contributed by atoms with Crippen molar-refractivity contribution >= 4 is 10.0 Å². The summed E-state index contributed by atoms with van der Waals surface area (Å²) < 4.78 is 50.9. The van der Waals surface area contributed by atoms with Crippen molar-refractivity contribution in [2.24, 2.45) is 0 Å². The number of halogens is 1. The second-order valence-corrected chi connectivity index (χ2v) is 7.72. The largest absolute Gasteiger partial charge is 0.494 e. The summed E-state index contributed by atoms with van der Waals surface area (Å²) in [5.74, 6) is -0.677. The van der Waals surface area contributed by atoms with E-state index in [1.165, 1.54) is 23.5 Å². The van der Waals surface area contributed by atoms with Gasteiger partial charge in [-0.3, -0.25) is 0 Å². The molecule has 1 saturated heterocycles. The van der Waals surface area contributed by atoms with E-state index in [1.807, 2.05) is 20.8 Å². The molecule has 21 heavy (non-hydrogen) atoms. The average molecular weight is 317 g/mol. The molecule has 5 nitrogen and oxygen atoms in total. The monoisotopic (exact) mass is 317 g/mol. The van der Waals surface area contributed by atoms with Gasteiger partial charge < -0.3 is 9.47 Å². The lowest BCUT2D eigenvalue weighted by molar-refractivity contribution is -0.109. The van der Waals surface area contributed by atoms with Crippen LogP contribution in [0.1, 0.15) is 20.8 Å². The van der Waals surface area contributed by atoms with Gasteiger partial charge in [-0.15, -0.1) is 0 Å². The lowest BCUT2D eigenvalue weighted by atomic mass is 10.1. The van der Waals surface area contributed by atoms with E-state index >= 15 is 0 Å². The Kier molecular flexibility index (Phi) is 4.28. The molecule has 2 rings (SSSR count). The van der Waals surface area contributed by atoms with Gasteiger partial charge in [0.2, 0.25) is 10.0 Å². The molecule has 0 amide bonds. The van der Waals surface area contributed by atoms with Gasteiger partial charge in [0.05, 0.1) is 23.7 Å². The Balaban J connectivity index is 2.35. The van der Waals surface area contributed by atoms with Crippen LogP contribution in [0.15, 0.2) is 23.1 Å². The quantitative estimate of drug-likeness (QED) is 0.856. The lowest BCUT2D eigenvalue weighted by Crippen LogP contribution is -2.53. The van der Waals surface area contributed by atoms with E-state index in [9.17, 15) is 12.8 Å². The summed E-state index contributed by atoms with van der Waals surface area (Å²) in [4.78, 5) is -0.0781. The van der Waals surface area contributed by atoms with Gasteiger partial charge in [-0.25, -0.2) is 12.8 Å². The van der Waals surface area contributed by atoms with Crippen LogP contribution in [0.25, 0.3) is 0 Å². The van der Waals surface area contributed by atoms with Crippen LogP contribution in [0.4, 0.5) is 4.39 Å². The summed E-state index contributed by atoms with van der Waals surface area (Å²) in [5, 5.41) is 0. The van der Waals surface area contributed by atoms with Gasteiger partial charge in [0.25, 0.3) is 0 Å². The van der Waals surface area contributed by atoms with Gasteiger partial charge >= 0.3 is 0 Å². The highest BCUT2D eigenvalue weighted by Crippen LogP contribution is 2.28. The fraction of sp³-hybridized carbons (Fsp3) is 0.571. The molecule has 1 aliphatic heterocycles. The molecule has 1 aliphatic rings. The highest BCUT2D eigenvalue weighted by Gasteiger charge is 2.38. The highest BCUT2D eigenvalue weighted by atomic mass is 32.2. The van der Waals surface area contributed by atoms with Crippen molar-refractivity contribution in [2.45, 2.75) is 37.4 Å². The van der Waals surface area contributed by atoms with Gasteiger partial charge in [0, 0.05) is 13.1 Å². The number of hydrogen-bond acceptors (Lipinski definition) is 4. The normalized spacial score (nSPS) is 23.0. The fourth-order valence-electron chi connectivity index (χ4n) is 2.53. The SMILES string of the molecule is COc1ccc(S(=O)(=O)N2CC(C)OC(C)(C)C2)cc1F. The molecule has 1 atom stereocenters. The van der Waals surface area contributed by atoms with Crippen molar-refractivity contribution in [3.8, 4) is 5.75 Å². The molecular formula is C14H20FNO4S. The third-order valence-electron chi connectivity index (χ3n) is 3.30. The molecule has 1 aromatic carbocycles. The Bertz CT molecular complexity index is 630. The van der Waals surface area contributed by atoms with E-state index in [4.69, 9.17) is 9.47 Å². The smallest absolute Gasteiger partial charge is 0.243 e. The van der Waals surface area contributed by atoms with Crippen LogP contribution in [-0.2, 0) is 14.8 Å². The molecule has 0 N–H and O–H groups in total. The van der Waals surface area contributed by atoms with Crippen LogP contribution >= 0.6 is 0 Å². The number of ether oxygens (including phenoxy) is 2. The topological polar surface area (TPSA) is 55.8 Å². The minimum Gasteiger partial charge on any atom is -0.494 e. The maximum Gasteiger partial charge on any atom is 0.243 e. The van der Waals surface area contributed by atoms with Crippen molar-refractivity contribution in [1.82, 2.24) is 4.31 Å². The van der Waals surface area contributed by atoms with E-state index in [2.05, 4.69) is 0 Å². The Morgan fingerprint density at radius 3 is 2.62 bits per heavy atom. The number of morpholine rings is 1. The summed E-state index contributed by atoms with van der Waals surface area (Å²) in [6.45, 7) is 5.96. The van der Waals surface area contributed by atoms with Gasteiger partial charge in [-0.1, -0.05) is 0 Å². The van der Waals surface area contributed by atoms with E-state index in [0.717, 1.165) is 6.07 Å². The Hall–Kier alpha value is -1.18. The first-order valence-corrected chi connectivity index (χ1v) is 8.11. The Morgan fingerprint density at radius 2 is 2.10 bits per heavy atom. The maximum absolute atomic E-state index is 13.7. The number of rotatable bonds is 3. The molecule has 1 heterocycles. The number of hydrogen-bond donors (Lipinski definition) is 0. The third-order valence-corrected chi connectivity index (χ3v) is 5.11. The first-order valence-electron chi connectivity index (χ1n) is 6.67. The summed E-state index contributed by atoms with van der Waals surface area (Å²) in [7, 11) is -2.42. The fourth-order valence-corrected chi connectivity index (χ4v) is 4.21. The minimum atomic E-state index is -3.76. The first kappa shape index (κ1) is 16.2. The van der Waals surface area contributed by atoms with Crippen LogP contribution in [0.3, 0.4) is 0 Å². The van der Waals surface area contributed by atoms with Crippen molar-refractivity contribution < 1.29 is 22.3 Å². The standard InChI is InChI=1S/C14H20FNO4S/c1-10-8-16(9-14(2,3)20-10)21(17,18)11-5-6-13(19-4)12(15)7-11/h5-7,10H,8-9H2,1-4H3. The van der Waals surface area contributed by atoms with Gasteiger partial charge in [-0.2, -0.15) is 4.31 Å². The van der Waals surface area contributed by atoms with E-state index in [1.54, 1.807) is 0 Å². The Morgan fingerprint density at radius 1 is 1.43 bits per heavy atom. The molecule has 1 fully saturated rings. The van der Waals surface area contributed by atoms with E-state index in [0.29, 0.717) is 0 Å². The highest BCUT2D eigenvalue weighted by molar-refractivity contribution is 7.89. The van der Waals surface area contributed by atoms with E-state index < -0.39 is 21.4 Å². The summed E-state index contributed by atoms with van der Waals surface area (Å²) in [6, 6.07) is 3.66. The maximum atomic E-state index is 13.7. The Labute approximate surface area is 124 Å². The molecule has 118 valence electrons. The van der Waals surface area contributed by atoms with Crippen molar-refractivity contribution in [3.63, 3.8) is 0 Å². The molecule has 0 spiro atoms. The van der Waals surface area contributed by atoms with Crippen molar-refractivity contribution in [3.05, 3.63) is 24.0 Å². The van der Waals surface area contributed by atoms with Gasteiger partial charge in [-0.05, 0) is 39.0 Å². The zero-order valence-corrected chi connectivity index (χ0v) is 13.4. The van der Waals surface area contributed by atoms with Gasteiger partial charge in [0.15, 0.2) is 11.6 Å². The molecule has 1 aromatic rings. The first-order chi connectivity index (χ1) is 9.65. The molecule has 0 radical (unpaired) electrons. The lowest BCUT2D eigenvalue weighted by Gasteiger charge is -2.40. The predicted octanol–water partition coefficient (Wildman–Crippen LogP) is 2.02. The minimum absolute atomic E-state index is 0.0182.